The van der Waals surface area contributed by atoms with Crippen molar-refractivity contribution in [2.45, 2.75) is 20.4 Å². The molecule has 5 heteroatoms. The highest BCUT2D eigenvalue weighted by Gasteiger charge is 2.11. The van der Waals surface area contributed by atoms with Crippen molar-refractivity contribution in [3.8, 4) is 17.0 Å². The Bertz CT molecular complexity index is 597. The average molecular weight is 286 g/mol. The highest BCUT2D eigenvalue weighted by Crippen LogP contribution is 2.24. The first kappa shape index (κ1) is 15.3. The molecule has 2 rings (SSSR count). The lowest BCUT2D eigenvalue weighted by atomic mass is 10.1. The molecule has 2 aromatic rings. The predicted octanol–water partition coefficient (Wildman–Crippen LogP) is 2.46. The molecule has 0 aliphatic carbocycles. The van der Waals surface area contributed by atoms with Crippen molar-refractivity contribution in [3.05, 3.63) is 36.0 Å². The van der Waals surface area contributed by atoms with Gasteiger partial charge in [-0.25, -0.2) is 9.97 Å². The molecule has 112 valence electrons. The van der Waals surface area contributed by atoms with Crippen molar-refractivity contribution in [1.82, 2.24) is 9.97 Å². The van der Waals surface area contributed by atoms with Crippen LogP contribution in [0.15, 0.2) is 30.3 Å². The van der Waals surface area contributed by atoms with E-state index < -0.39 is 0 Å². The largest absolute Gasteiger partial charge is 0.497 e. The van der Waals surface area contributed by atoms with Gasteiger partial charge in [0.05, 0.1) is 18.5 Å². The maximum Gasteiger partial charge on any atom is 0.226 e. The van der Waals surface area contributed by atoms with Crippen LogP contribution in [0.5, 0.6) is 5.75 Å². The SMILES string of the molecule is CCN(CC)c1nc(CN)cc(-c2cccc(OC)c2)n1. The molecular formula is C16H22N4O. The normalized spacial score (nSPS) is 10.5. The van der Waals surface area contributed by atoms with E-state index >= 15 is 0 Å². The van der Waals surface area contributed by atoms with Crippen molar-refractivity contribution >= 4 is 5.95 Å². The monoisotopic (exact) mass is 286 g/mol. The van der Waals surface area contributed by atoms with E-state index in [1.165, 1.54) is 0 Å². The Morgan fingerprint density at radius 3 is 2.52 bits per heavy atom. The minimum Gasteiger partial charge on any atom is -0.497 e. The van der Waals surface area contributed by atoms with Gasteiger partial charge in [0.15, 0.2) is 0 Å². The zero-order valence-corrected chi connectivity index (χ0v) is 12.8. The second-order valence-electron chi connectivity index (χ2n) is 4.65. The third-order valence-electron chi connectivity index (χ3n) is 3.39. The quantitative estimate of drug-likeness (QED) is 0.883. The third kappa shape index (κ3) is 3.49. The van der Waals surface area contributed by atoms with Crippen LogP contribution in [0.2, 0.25) is 0 Å². The lowest BCUT2D eigenvalue weighted by Crippen LogP contribution is -2.25. The molecule has 0 spiro atoms. The second kappa shape index (κ2) is 7.04. The Morgan fingerprint density at radius 1 is 1.14 bits per heavy atom. The van der Waals surface area contributed by atoms with Gasteiger partial charge in [-0.3, -0.25) is 0 Å². The molecule has 0 bridgehead atoms. The van der Waals surface area contributed by atoms with Crippen LogP contribution in [0.3, 0.4) is 0 Å². The van der Waals surface area contributed by atoms with E-state index in [0.29, 0.717) is 6.54 Å². The van der Waals surface area contributed by atoms with Gasteiger partial charge in [0, 0.05) is 25.2 Å². The van der Waals surface area contributed by atoms with E-state index in [1.807, 2.05) is 30.3 Å². The Morgan fingerprint density at radius 2 is 1.90 bits per heavy atom. The van der Waals surface area contributed by atoms with Crippen LogP contribution < -0.4 is 15.4 Å². The predicted molar refractivity (Wildman–Crippen MR) is 85.5 cm³/mol. The van der Waals surface area contributed by atoms with Crippen LogP contribution in [0.1, 0.15) is 19.5 Å². The van der Waals surface area contributed by atoms with Gasteiger partial charge in [0.2, 0.25) is 5.95 Å². The first-order valence-electron chi connectivity index (χ1n) is 7.19. The summed E-state index contributed by atoms with van der Waals surface area (Å²) in [5.41, 5.74) is 8.48. The number of anilines is 1. The molecule has 0 saturated heterocycles. The van der Waals surface area contributed by atoms with E-state index in [9.17, 15) is 0 Å². The van der Waals surface area contributed by atoms with Crippen molar-refractivity contribution in [2.75, 3.05) is 25.1 Å². The summed E-state index contributed by atoms with van der Waals surface area (Å²) in [4.78, 5) is 11.3. The van der Waals surface area contributed by atoms with Gasteiger partial charge in [-0.15, -0.1) is 0 Å². The first-order valence-corrected chi connectivity index (χ1v) is 7.19. The molecular weight excluding hydrogens is 264 g/mol. The van der Waals surface area contributed by atoms with Crippen LogP contribution in [0.4, 0.5) is 5.95 Å². The number of ether oxygens (including phenoxy) is 1. The summed E-state index contributed by atoms with van der Waals surface area (Å²) in [6.45, 7) is 6.30. The molecule has 1 heterocycles. The molecule has 1 aromatic heterocycles. The van der Waals surface area contributed by atoms with E-state index in [4.69, 9.17) is 10.5 Å². The first-order chi connectivity index (χ1) is 10.2. The number of nitrogens with zero attached hydrogens (tertiary/aromatic N) is 3. The van der Waals surface area contributed by atoms with Gasteiger partial charge < -0.3 is 15.4 Å². The molecule has 5 nitrogen and oxygen atoms in total. The highest BCUT2D eigenvalue weighted by molar-refractivity contribution is 5.63. The molecule has 21 heavy (non-hydrogen) atoms. The molecule has 0 aliphatic rings. The molecule has 0 amide bonds. The fourth-order valence-corrected chi connectivity index (χ4v) is 2.17. The number of benzene rings is 1. The van der Waals surface area contributed by atoms with Crippen LogP contribution in [-0.2, 0) is 6.54 Å². The molecule has 0 unspecified atom stereocenters. The fraction of sp³-hybridized carbons (Fsp3) is 0.375. The van der Waals surface area contributed by atoms with Gasteiger partial charge in [-0.2, -0.15) is 0 Å². The van der Waals surface area contributed by atoms with Crippen molar-refractivity contribution in [3.63, 3.8) is 0 Å². The summed E-state index contributed by atoms with van der Waals surface area (Å²) in [5.74, 6) is 1.53. The zero-order chi connectivity index (χ0) is 15.2. The minimum absolute atomic E-state index is 0.397. The Kier molecular flexibility index (Phi) is 5.11. The number of rotatable bonds is 6. The van der Waals surface area contributed by atoms with Crippen LogP contribution >= 0.6 is 0 Å². The summed E-state index contributed by atoms with van der Waals surface area (Å²) >= 11 is 0. The number of methoxy groups -OCH3 is 1. The van der Waals surface area contributed by atoms with Crippen molar-refractivity contribution in [2.24, 2.45) is 5.73 Å². The van der Waals surface area contributed by atoms with Gasteiger partial charge in [-0.05, 0) is 32.0 Å². The van der Waals surface area contributed by atoms with Gasteiger partial charge in [0.25, 0.3) is 0 Å². The van der Waals surface area contributed by atoms with Crippen LogP contribution in [0.25, 0.3) is 11.3 Å². The van der Waals surface area contributed by atoms with E-state index in [-0.39, 0.29) is 0 Å². The number of nitrogens with two attached hydrogens (primary N) is 1. The molecule has 0 aliphatic heterocycles. The van der Waals surface area contributed by atoms with Crippen LogP contribution in [-0.4, -0.2) is 30.2 Å². The van der Waals surface area contributed by atoms with Crippen molar-refractivity contribution < 1.29 is 4.74 Å². The summed E-state index contributed by atoms with van der Waals surface area (Å²) < 4.78 is 5.27. The fourth-order valence-electron chi connectivity index (χ4n) is 2.17. The minimum atomic E-state index is 0.397. The van der Waals surface area contributed by atoms with Crippen LogP contribution in [0, 0.1) is 0 Å². The number of aromatic nitrogens is 2. The molecule has 0 atom stereocenters. The van der Waals surface area contributed by atoms with Gasteiger partial charge in [-0.1, -0.05) is 12.1 Å². The smallest absolute Gasteiger partial charge is 0.226 e. The highest BCUT2D eigenvalue weighted by atomic mass is 16.5. The zero-order valence-electron chi connectivity index (χ0n) is 12.8. The Balaban J connectivity index is 2.49. The Labute approximate surface area is 125 Å². The number of hydrogen-bond donors (Lipinski definition) is 1. The molecule has 0 saturated carbocycles. The van der Waals surface area contributed by atoms with E-state index in [0.717, 1.165) is 41.7 Å². The third-order valence-corrected chi connectivity index (χ3v) is 3.39. The maximum absolute atomic E-state index is 5.77. The van der Waals surface area contributed by atoms with E-state index in [2.05, 4.69) is 28.7 Å². The van der Waals surface area contributed by atoms with Gasteiger partial charge in [0.1, 0.15) is 5.75 Å². The molecule has 0 fully saturated rings. The second-order valence-corrected chi connectivity index (χ2v) is 4.65. The summed E-state index contributed by atoms with van der Waals surface area (Å²) in [6, 6.07) is 9.78. The average Bonchev–Trinajstić information content (AvgIpc) is 2.55. The molecule has 0 radical (unpaired) electrons. The molecule has 1 aromatic carbocycles. The Hall–Kier alpha value is -2.14. The molecule has 2 N–H and O–H groups in total. The summed E-state index contributed by atoms with van der Waals surface area (Å²) in [6.07, 6.45) is 0. The summed E-state index contributed by atoms with van der Waals surface area (Å²) in [5, 5.41) is 0. The van der Waals surface area contributed by atoms with E-state index in [1.54, 1.807) is 7.11 Å². The lowest BCUT2D eigenvalue weighted by Gasteiger charge is -2.20. The standard InChI is InChI=1S/C16H22N4O/c1-4-20(5-2)16-18-13(11-17)10-15(19-16)12-7-6-8-14(9-12)21-3/h6-10H,4-5,11,17H2,1-3H3. The topological polar surface area (TPSA) is 64.3 Å². The van der Waals surface area contributed by atoms with Crippen molar-refractivity contribution in [1.29, 1.82) is 0 Å². The lowest BCUT2D eigenvalue weighted by molar-refractivity contribution is 0.415. The number of hydrogen-bond acceptors (Lipinski definition) is 5. The summed E-state index contributed by atoms with van der Waals surface area (Å²) in [7, 11) is 1.66. The van der Waals surface area contributed by atoms with Gasteiger partial charge >= 0.3 is 0 Å². The maximum atomic E-state index is 5.77.